The van der Waals surface area contributed by atoms with Crippen molar-refractivity contribution in [3.8, 4) is 11.5 Å². The van der Waals surface area contributed by atoms with Crippen LogP contribution in [0.3, 0.4) is 0 Å². The lowest BCUT2D eigenvalue weighted by Crippen LogP contribution is -2.24. The van der Waals surface area contributed by atoms with Crippen molar-refractivity contribution in [3.63, 3.8) is 0 Å². The SMILES string of the molecule is COc1ccc(OCCNC(C)c2sc(C)nc2C)cc1. The Bertz CT molecular complexity index is 566. The smallest absolute Gasteiger partial charge is 0.119 e. The van der Waals surface area contributed by atoms with Gasteiger partial charge in [-0.15, -0.1) is 11.3 Å². The third-order valence-corrected chi connectivity index (χ3v) is 4.47. The highest BCUT2D eigenvalue weighted by Gasteiger charge is 2.11. The van der Waals surface area contributed by atoms with E-state index in [4.69, 9.17) is 9.47 Å². The summed E-state index contributed by atoms with van der Waals surface area (Å²) in [7, 11) is 1.66. The third-order valence-electron chi connectivity index (χ3n) is 3.21. The number of hydrogen-bond donors (Lipinski definition) is 1. The number of hydrogen-bond acceptors (Lipinski definition) is 5. The van der Waals surface area contributed by atoms with Crippen LogP contribution in [0.15, 0.2) is 24.3 Å². The maximum Gasteiger partial charge on any atom is 0.119 e. The van der Waals surface area contributed by atoms with Gasteiger partial charge in [0.15, 0.2) is 0 Å². The van der Waals surface area contributed by atoms with Crippen molar-refractivity contribution < 1.29 is 9.47 Å². The highest BCUT2D eigenvalue weighted by Crippen LogP contribution is 2.24. The Morgan fingerprint density at radius 1 is 1.19 bits per heavy atom. The van der Waals surface area contributed by atoms with Crippen LogP contribution in [0.2, 0.25) is 0 Å². The molecule has 0 bridgehead atoms. The summed E-state index contributed by atoms with van der Waals surface area (Å²) in [5, 5.41) is 4.58. The molecule has 1 atom stereocenters. The molecule has 114 valence electrons. The molecule has 0 aliphatic heterocycles. The second kappa shape index (κ2) is 7.43. The zero-order chi connectivity index (χ0) is 15.2. The van der Waals surface area contributed by atoms with E-state index >= 15 is 0 Å². The van der Waals surface area contributed by atoms with Gasteiger partial charge >= 0.3 is 0 Å². The van der Waals surface area contributed by atoms with E-state index in [0.29, 0.717) is 12.6 Å². The molecule has 0 saturated carbocycles. The van der Waals surface area contributed by atoms with Gasteiger partial charge in [0.2, 0.25) is 0 Å². The van der Waals surface area contributed by atoms with Crippen LogP contribution in [0.1, 0.15) is 28.5 Å². The van der Waals surface area contributed by atoms with E-state index in [0.717, 1.165) is 28.7 Å². The summed E-state index contributed by atoms with van der Waals surface area (Å²) in [6.45, 7) is 7.69. The van der Waals surface area contributed by atoms with Gasteiger partial charge in [-0.1, -0.05) is 0 Å². The molecule has 1 aromatic carbocycles. The molecule has 0 spiro atoms. The van der Waals surface area contributed by atoms with Crippen molar-refractivity contribution in [1.29, 1.82) is 0 Å². The van der Waals surface area contributed by atoms with Crippen LogP contribution in [0.25, 0.3) is 0 Å². The van der Waals surface area contributed by atoms with Crippen molar-refractivity contribution in [2.75, 3.05) is 20.3 Å². The van der Waals surface area contributed by atoms with Crippen LogP contribution in [-0.2, 0) is 0 Å². The van der Waals surface area contributed by atoms with Crippen LogP contribution in [0.5, 0.6) is 11.5 Å². The number of ether oxygens (including phenoxy) is 2. The minimum Gasteiger partial charge on any atom is -0.497 e. The molecule has 0 radical (unpaired) electrons. The lowest BCUT2D eigenvalue weighted by Gasteiger charge is -2.13. The van der Waals surface area contributed by atoms with Gasteiger partial charge in [0, 0.05) is 17.5 Å². The molecule has 1 unspecified atom stereocenters. The van der Waals surface area contributed by atoms with Crippen LogP contribution < -0.4 is 14.8 Å². The second-order valence-corrected chi connectivity index (χ2v) is 6.12. The van der Waals surface area contributed by atoms with Crippen LogP contribution >= 0.6 is 11.3 Å². The molecule has 0 aliphatic rings. The fraction of sp³-hybridized carbons (Fsp3) is 0.438. The normalized spacial score (nSPS) is 12.2. The predicted molar refractivity (Wildman–Crippen MR) is 86.5 cm³/mol. The molecule has 1 heterocycles. The Labute approximate surface area is 130 Å². The maximum absolute atomic E-state index is 5.70. The van der Waals surface area contributed by atoms with Crippen molar-refractivity contribution in [1.82, 2.24) is 10.3 Å². The molecule has 21 heavy (non-hydrogen) atoms. The first-order valence-corrected chi connectivity index (χ1v) is 7.86. The summed E-state index contributed by atoms with van der Waals surface area (Å²) in [5.74, 6) is 1.69. The standard InChI is InChI=1S/C16H22N2O2S/c1-11(16-12(2)18-13(3)21-16)17-9-10-20-15-7-5-14(19-4)6-8-15/h5-8,11,17H,9-10H2,1-4H3. The number of benzene rings is 1. The Balaban J connectivity index is 1.75. The number of aromatic nitrogens is 1. The average molecular weight is 306 g/mol. The van der Waals surface area contributed by atoms with E-state index in [-0.39, 0.29) is 0 Å². The molecule has 0 fully saturated rings. The lowest BCUT2D eigenvalue weighted by molar-refractivity contribution is 0.307. The van der Waals surface area contributed by atoms with Gasteiger partial charge in [0.05, 0.1) is 17.8 Å². The van der Waals surface area contributed by atoms with E-state index < -0.39 is 0 Å². The van der Waals surface area contributed by atoms with E-state index in [9.17, 15) is 0 Å². The molecule has 1 aromatic heterocycles. The summed E-state index contributed by atoms with van der Waals surface area (Å²) in [6, 6.07) is 7.93. The average Bonchev–Trinajstić information content (AvgIpc) is 2.83. The Morgan fingerprint density at radius 3 is 2.43 bits per heavy atom. The Kier molecular flexibility index (Phi) is 5.59. The first kappa shape index (κ1) is 15.8. The monoisotopic (exact) mass is 306 g/mol. The van der Waals surface area contributed by atoms with Gasteiger partial charge in [-0.25, -0.2) is 4.98 Å². The molecular formula is C16H22N2O2S. The van der Waals surface area contributed by atoms with Gasteiger partial charge in [0.25, 0.3) is 0 Å². The number of thiazole rings is 1. The number of nitrogens with zero attached hydrogens (tertiary/aromatic N) is 1. The first-order valence-electron chi connectivity index (χ1n) is 7.04. The van der Waals surface area contributed by atoms with E-state index in [1.807, 2.05) is 31.2 Å². The topological polar surface area (TPSA) is 43.4 Å². The molecule has 1 N–H and O–H groups in total. The number of rotatable bonds is 7. The number of nitrogens with one attached hydrogen (secondary N) is 1. The lowest BCUT2D eigenvalue weighted by atomic mass is 10.2. The molecular weight excluding hydrogens is 284 g/mol. The largest absolute Gasteiger partial charge is 0.497 e. The van der Waals surface area contributed by atoms with Crippen molar-refractivity contribution in [2.45, 2.75) is 26.8 Å². The summed E-state index contributed by atoms with van der Waals surface area (Å²) in [5.41, 5.74) is 1.12. The van der Waals surface area contributed by atoms with Gasteiger partial charge in [-0.05, 0) is 45.0 Å². The van der Waals surface area contributed by atoms with Crippen LogP contribution in [-0.4, -0.2) is 25.2 Å². The molecule has 0 saturated heterocycles. The highest BCUT2D eigenvalue weighted by atomic mass is 32.1. The minimum absolute atomic E-state index is 0.302. The van der Waals surface area contributed by atoms with Gasteiger partial charge in [-0.3, -0.25) is 0 Å². The summed E-state index contributed by atoms with van der Waals surface area (Å²) in [6.07, 6.45) is 0. The van der Waals surface area contributed by atoms with Gasteiger partial charge in [0.1, 0.15) is 18.1 Å². The maximum atomic E-state index is 5.70. The quantitative estimate of drug-likeness (QED) is 0.795. The molecule has 5 heteroatoms. The van der Waals surface area contributed by atoms with Gasteiger partial charge in [-0.2, -0.15) is 0 Å². The summed E-state index contributed by atoms with van der Waals surface area (Å²) < 4.78 is 10.8. The molecule has 4 nitrogen and oxygen atoms in total. The predicted octanol–water partition coefficient (Wildman–Crippen LogP) is 3.50. The third kappa shape index (κ3) is 4.44. The number of methoxy groups -OCH3 is 1. The highest BCUT2D eigenvalue weighted by molar-refractivity contribution is 7.11. The number of aryl methyl sites for hydroxylation is 2. The van der Waals surface area contributed by atoms with E-state index in [1.54, 1.807) is 18.4 Å². The molecule has 0 amide bonds. The van der Waals surface area contributed by atoms with Gasteiger partial charge < -0.3 is 14.8 Å². The van der Waals surface area contributed by atoms with Crippen molar-refractivity contribution in [3.05, 3.63) is 39.8 Å². The van der Waals surface area contributed by atoms with E-state index in [2.05, 4.69) is 24.1 Å². The zero-order valence-electron chi connectivity index (χ0n) is 13.0. The Morgan fingerprint density at radius 2 is 1.86 bits per heavy atom. The Hall–Kier alpha value is -1.59. The van der Waals surface area contributed by atoms with Crippen LogP contribution in [0, 0.1) is 13.8 Å². The van der Waals surface area contributed by atoms with E-state index in [1.165, 1.54) is 4.88 Å². The second-order valence-electron chi connectivity index (χ2n) is 4.88. The first-order chi connectivity index (χ1) is 10.1. The molecule has 2 rings (SSSR count). The van der Waals surface area contributed by atoms with Crippen molar-refractivity contribution in [2.24, 2.45) is 0 Å². The summed E-state index contributed by atoms with van der Waals surface area (Å²) in [4.78, 5) is 5.76. The molecule has 0 aliphatic carbocycles. The molecule has 2 aromatic rings. The van der Waals surface area contributed by atoms with Crippen molar-refractivity contribution >= 4 is 11.3 Å². The zero-order valence-corrected chi connectivity index (χ0v) is 13.8. The van der Waals surface area contributed by atoms with Crippen LogP contribution in [0.4, 0.5) is 0 Å². The fourth-order valence-electron chi connectivity index (χ4n) is 2.16. The minimum atomic E-state index is 0.302. The summed E-state index contributed by atoms with van der Waals surface area (Å²) >= 11 is 1.75. The fourth-order valence-corrected chi connectivity index (χ4v) is 3.11.